The van der Waals surface area contributed by atoms with E-state index in [9.17, 15) is 22.0 Å². The molecule has 3 aromatic rings. The summed E-state index contributed by atoms with van der Waals surface area (Å²) >= 11 is 0. The molecule has 0 atom stereocenters. The maximum absolute atomic E-state index is 14.2. The van der Waals surface area contributed by atoms with E-state index in [1.54, 1.807) is 13.2 Å². The quantitative estimate of drug-likeness (QED) is 0.625. The van der Waals surface area contributed by atoms with Gasteiger partial charge in [0.25, 0.3) is 5.56 Å². The van der Waals surface area contributed by atoms with E-state index in [0.717, 1.165) is 36.8 Å². The molecule has 2 heterocycles. The number of ether oxygens (including phenoxy) is 1. The first kappa shape index (κ1) is 21.9. The molecule has 11 heteroatoms. The second-order valence-electron chi connectivity index (χ2n) is 7.58. The zero-order valence-electron chi connectivity index (χ0n) is 17.4. The molecule has 0 amide bonds. The van der Waals surface area contributed by atoms with Crippen LogP contribution in [0.15, 0.2) is 35.4 Å². The Kier molecular flexibility index (Phi) is 5.68. The Hall–Kier alpha value is -3.34. The van der Waals surface area contributed by atoms with Gasteiger partial charge >= 0.3 is 0 Å². The van der Waals surface area contributed by atoms with Gasteiger partial charge in [-0.15, -0.1) is 0 Å². The van der Waals surface area contributed by atoms with Crippen LogP contribution in [0.3, 0.4) is 0 Å². The van der Waals surface area contributed by atoms with Crippen molar-refractivity contribution in [2.24, 2.45) is 7.05 Å². The van der Waals surface area contributed by atoms with Gasteiger partial charge in [0.15, 0.2) is 17.3 Å². The molecular formula is C21H20F2N4O4S. The molecule has 0 bridgehead atoms. The molecule has 0 spiro atoms. The highest BCUT2D eigenvalue weighted by atomic mass is 32.2. The van der Waals surface area contributed by atoms with Crippen LogP contribution in [0.25, 0.3) is 11.3 Å². The van der Waals surface area contributed by atoms with E-state index in [1.807, 2.05) is 0 Å². The van der Waals surface area contributed by atoms with Crippen LogP contribution in [0.2, 0.25) is 0 Å². The number of nitrogens with one attached hydrogen (secondary N) is 1. The number of hydrogen-bond donors (Lipinski definition) is 1. The maximum atomic E-state index is 14.2. The molecule has 0 fully saturated rings. The van der Waals surface area contributed by atoms with Crippen LogP contribution in [0, 0.1) is 11.6 Å². The summed E-state index contributed by atoms with van der Waals surface area (Å²) < 4.78 is 60.2. The number of rotatable bonds is 5. The van der Waals surface area contributed by atoms with Crippen LogP contribution in [-0.4, -0.2) is 29.2 Å². The van der Waals surface area contributed by atoms with Crippen LogP contribution in [0.5, 0.6) is 11.5 Å². The van der Waals surface area contributed by atoms with Gasteiger partial charge in [-0.1, -0.05) is 0 Å². The summed E-state index contributed by atoms with van der Waals surface area (Å²) in [5, 5.41) is 0. The normalized spacial score (nSPS) is 13.5. The zero-order valence-corrected chi connectivity index (χ0v) is 18.2. The van der Waals surface area contributed by atoms with Crippen LogP contribution in [0.1, 0.15) is 24.0 Å². The van der Waals surface area contributed by atoms with Gasteiger partial charge in [0.2, 0.25) is 16.0 Å². The number of halogens is 2. The van der Waals surface area contributed by atoms with Gasteiger partial charge in [0.1, 0.15) is 11.5 Å². The van der Waals surface area contributed by atoms with E-state index in [4.69, 9.17) is 4.74 Å². The average Bonchev–Trinajstić information content (AvgIpc) is 2.72. The number of nitrogens with zero attached hydrogens (tertiary/aromatic N) is 3. The van der Waals surface area contributed by atoms with Crippen molar-refractivity contribution < 1.29 is 21.9 Å². The van der Waals surface area contributed by atoms with Crippen LogP contribution in [-0.2, 0) is 29.9 Å². The third-order valence-corrected chi connectivity index (χ3v) is 5.65. The lowest BCUT2D eigenvalue weighted by atomic mass is 9.88. The molecule has 1 N–H and O–H groups in total. The Morgan fingerprint density at radius 3 is 2.53 bits per heavy atom. The monoisotopic (exact) mass is 462 g/mol. The Bertz CT molecular complexity index is 1370. The molecule has 0 saturated carbocycles. The highest BCUT2D eigenvalue weighted by Crippen LogP contribution is 2.37. The Morgan fingerprint density at radius 1 is 1.12 bits per heavy atom. The molecule has 32 heavy (non-hydrogen) atoms. The van der Waals surface area contributed by atoms with Gasteiger partial charge in [-0.2, -0.15) is 0 Å². The minimum atomic E-state index is -3.66. The van der Waals surface area contributed by atoms with E-state index < -0.39 is 21.7 Å². The predicted octanol–water partition coefficient (Wildman–Crippen LogP) is 3.16. The lowest BCUT2D eigenvalue weighted by Gasteiger charge is -2.21. The largest absolute Gasteiger partial charge is 0.450 e. The Labute approximate surface area is 183 Å². The van der Waals surface area contributed by atoms with E-state index in [1.165, 1.54) is 10.8 Å². The Balaban J connectivity index is 1.92. The first-order chi connectivity index (χ1) is 15.1. The van der Waals surface area contributed by atoms with Gasteiger partial charge < -0.3 is 9.30 Å². The van der Waals surface area contributed by atoms with E-state index in [-0.39, 0.29) is 28.7 Å². The van der Waals surface area contributed by atoms with E-state index >= 15 is 0 Å². The number of anilines is 1. The topological polar surface area (TPSA) is 103 Å². The molecule has 1 aliphatic carbocycles. The molecule has 0 unspecified atom stereocenters. The minimum absolute atomic E-state index is 0.0287. The molecule has 8 nitrogen and oxygen atoms in total. The summed E-state index contributed by atoms with van der Waals surface area (Å²) in [4.78, 5) is 20.9. The standard InChI is InChI=1S/C21H20F2N4O4S/c1-27-11-15(13-5-3-4-6-14(13)20(27)28)19-18(10-24-21(25-19)26-32(2,29)30)31-17-8-7-12(22)9-16(17)23/h7-11H,3-6H2,1-2H3,(H,24,25,26). The number of hydrogen-bond acceptors (Lipinski definition) is 6. The zero-order chi connectivity index (χ0) is 23.0. The summed E-state index contributed by atoms with van der Waals surface area (Å²) in [7, 11) is -2.06. The number of sulfonamides is 1. The van der Waals surface area contributed by atoms with Gasteiger partial charge in [0.05, 0.1) is 12.5 Å². The van der Waals surface area contributed by atoms with Gasteiger partial charge in [-0.25, -0.2) is 27.2 Å². The first-order valence-electron chi connectivity index (χ1n) is 9.82. The highest BCUT2D eigenvalue weighted by Gasteiger charge is 2.23. The van der Waals surface area contributed by atoms with Crippen molar-refractivity contribution in [3.8, 4) is 22.8 Å². The average molecular weight is 462 g/mol. The number of aryl methyl sites for hydroxylation is 1. The summed E-state index contributed by atoms with van der Waals surface area (Å²) in [5.41, 5.74) is 2.07. The van der Waals surface area contributed by atoms with Gasteiger partial charge in [-0.3, -0.25) is 9.52 Å². The first-order valence-corrected chi connectivity index (χ1v) is 11.7. The molecule has 1 aromatic carbocycles. The molecule has 2 aromatic heterocycles. The predicted molar refractivity (Wildman–Crippen MR) is 114 cm³/mol. The third-order valence-electron chi connectivity index (χ3n) is 5.10. The molecule has 4 rings (SSSR count). The molecule has 168 valence electrons. The number of fused-ring (bicyclic) bond motifs is 1. The maximum Gasteiger partial charge on any atom is 0.253 e. The van der Waals surface area contributed by atoms with Crippen LogP contribution in [0.4, 0.5) is 14.7 Å². The minimum Gasteiger partial charge on any atom is -0.450 e. The van der Waals surface area contributed by atoms with Crippen molar-refractivity contribution in [2.45, 2.75) is 25.7 Å². The van der Waals surface area contributed by atoms with Crippen molar-refractivity contribution in [1.82, 2.24) is 14.5 Å². The van der Waals surface area contributed by atoms with Crippen molar-refractivity contribution in [2.75, 3.05) is 11.0 Å². The van der Waals surface area contributed by atoms with Gasteiger partial charge in [-0.05, 0) is 43.4 Å². The number of aromatic nitrogens is 3. The van der Waals surface area contributed by atoms with Crippen molar-refractivity contribution in [3.63, 3.8) is 0 Å². The molecule has 0 radical (unpaired) electrons. The lowest BCUT2D eigenvalue weighted by molar-refractivity contribution is 0.436. The highest BCUT2D eigenvalue weighted by molar-refractivity contribution is 7.91. The number of pyridine rings is 1. The third kappa shape index (κ3) is 4.47. The molecule has 1 aliphatic rings. The van der Waals surface area contributed by atoms with Crippen LogP contribution >= 0.6 is 0 Å². The summed E-state index contributed by atoms with van der Waals surface area (Å²) in [5.74, 6) is -2.10. The van der Waals surface area contributed by atoms with Crippen LogP contribution < -0.4 is 15.0 Å². The Morgan fingerprint density at radius 2 is 1.84 bits per heavy atom. The van der Waals surface area contributed by atoms with Crippen molar-refractivity contribution >= 4 is 16.0 Å². The molecular weight excluding hydrogens is 442 g/mol. The fourth-order valence-corrected chi connectivity index (χ4v) is 4.15. The summed E-state index contributed by atoms with van der Waals surface area (Å²) in [6.45, 7) is 0. The van der Waals surface area contributed by atoms with Crippen molar-refractivity contribution in [1.29, 1.82) is 0 Å². The second-order valence-corrected chi connectivity index (χ2v) is 9.33. The van der Waals surface area contributed by atoms with Gasteiger partial charge in [0, 0.05) is 30.4 Å². The van der Waals surface area contributed by atoms with Crippen molar-refractivity contribution in [3.05, 3.63) is 63.7 Å². The van der Waals surface area contributed by atoms with E-state index in [0.29, 0.717) is 30.0 Å². The smallest absolute Gasteiger partial charge is 0.253 e. The SMILES string of the molecule is Cn1cc(-c2nc(NS(C)(=O)=O)ncc2Oc2ccc(F)cc2F)c2c(c1=O)CCCC2. The second kappa shape index (κ2) is 8.30. The lowest BCUT2D eigenvalue weighted by Crippen LogP contribution is -2.25. The summed E-state index contributed by atoms with van der Waals surface area (Å²) in [6, 6.07) is 2.86. The molecule has 0 saturated heterocycles. The number of benzene rings is 1. The van der Waals surface area contributed by atoms with E-state index in [2.05, 4.69) is 14.7 Å². The summed E-state index contributed by atoms with van der Waals surface area (Å²) in [6.07, 6.45) is 6.74. The molecule has 0 aliphatic heterocycles. The fraction of sp³-hybridized carbons (Fsp3) is 0.286. The fourth-order valence-electron chi connectivity index (χ4n) is 3.72.